The molecular formula is C18H21N3O2. The van der Waals surface area contributed by atoms with Crippen molar-refractivity contribution in [1.29, 1.82) is 0 Å². The average molecular weight is 311 g/mol. The number of nitrogens with zero attached hydrogens (tertiary/aromatic N) is 2. The van der Waals surface area contributed by atoms with Crippen molar-refractivity contribution < 1.29 is 9.59 Å². The summed E-state index contributed by atoms with van der Waals surface area (Å²) in [6.07, 6.45) is 1.60. The molecular weight excluding hydrogens is 290 g/mol. The van der Waals surface area contributed by atoms with Crippen LogP contribution in [-0.2, 0) is 6.54 Å². The standard InChI is InChI=1S/C18H21N3O2/c1-14(22)16-11-17(19-12-16)18(23)21-9-7-20(8-10-21)13-15-5-3-2-4-6-15/h2-6,11-12,19H,7-10,13H2,1H3. The van der Waals surface area contributed by atoms with E-state index in [9.17, 15) is 9.59 Å². The van der Waals surface area contributed by atoms with Gasteiger partial charge in [-0.3, -0.25) is 14.5 Å². The Morgan fingerprint density at radius 1 is 1.09 bits per heavy atom. The molecule has 1 N–H and O–H groups in total. The van der Waals surface area contributed by atoms with E-state index in [4.69, 9.17) is 0 Å². The molecule has 1 aromatic carbocycles. The molecule has 1 aromatic heterocycles. The van der Waals surface area contributed by atoms with Crippen LogP contribution in [-0.4, -0.2) is 52.7 Å². The number of carbonyl (C=O) groups excluding carboxylic acids is 2. The van der Waals surface area contributed by atoms with Gasteiger partial charge in [0.05, 0.1) is 0 Å². The molecule has 0 aliphatic carbocycles. The third-order valence-corrected chi connectivity index (χ3v) is 4.23. The molecule has 1 aliphatic rings. The molecule has 1 aliphatic heterocycles. The maximum absolute atomic E-state index is 12.5. The second-order valence-electron chi connectivity index (χ2n) is 5.91. The van der Waals surface area contributed by atoms with Gasteiger partial charge in [-0.2, -0.15) is 0 Å². The van der Waals surface area contributed by atoms with E-state index in [-0.39, 0.29) is 11.7 Å². The van der Waals surface area contributed by atoms with Gasteiger partial charge in [-0.05, 0) is 18.6 Å². The number of H-pyrrole nitrogens is 1. The number of amides is 1. The molecule has 2 aromatic rings. The van der Waals surface area contributed by atoms with Gasteiger partial charge in [0, 0.05) is 44.5 Å². The fourth-order valence-corrected chi connectivity index (χ4v) is 2.84. The lowest BCUT2D eigenvalue weighted by molar-refractivity contribution is 0.0623. The summed E-state index contributed by atoms with van der Waals surface area (Å²) >= 11 is 0. The zero-order chi connectivity index (χ0) is 16.2. The van der Waals surface area contributed by atoms with Crippen LogP contribution in [0.1, 0.15) is 33.3 Å². The summed E-state index contributed by atoms with van der Waals surface area (Å²) in [6.45, 7) is 5.56. The highest BCUT2D eigenvalue weighted by atomic mass is 16.2. The number of aromatic amines is 1. The molecule has 5 nitrogen and oxygen atoms in total. The Morgan fingerprint density at radius 3 is 2.39 bits per heavy atom. The molecule has 1 fully saturated rings. The van der Waals surface area contributed by atoms with Crippen LogP contribution in [0.3, 0.4) is 0 Å². The van der Waals surface area contributed by atoms with E-state index in [1.54, 1.807) is 12.3 Å². The van der Waals surface area contributed by atoms with Crippen LogP contribution in [0.5, 0.6) is 0 Å². The Kier molecular flexibility index (Phi) is 4.57. The van der Waals surface area contributed by atoms with E-state index in [0.717, 1.165) is 19.6 Å². The largest absolute Gasteiger partial charge is 0.356 e. The number of hydrogen-bond acceptors (Lipinski definition) is 3. The first-order chi connectivity index (χ1) is 11.1. The summed E-state index contributed by atoms with van der Waals surface area (Å²) in [7, 11) is 0. The monoisotopic (exact) mass is 311 g/mol. The first kappa shape index (κ1) is 15.5. The van der Waals surface area contributed by atoms with Crippen molar-refractivity contribution >= 4 is 11.7 Å². The highest BCUT2D eigenvalue weighted by Gasteiger charge is 2.23. The van der Waals surface area contributed by atoms with Crippen molar-refractivity contribution in [1.82, 2.24) is 14.8 Å². The highest BCUT2D eigenvalue weighted by Crippen LogP contribution is 2.12. The van der Waals surface area contributed by atoms with Crippen LogP contribution in [0.4, 0.5) is 0 Å². The van der Waals surface area contributed by atoms with E-state index >= 15 is 0 Å². The first-order valence-corrected chi connectivity index (χ1v) is 7.88. The fourth-order valence-electron chi connectivity index (χ4n) is 2.84. The molecule has 120 valence electrons. The van der Waals surface area contributed by atoms with Gasteiger partial charge in [0.25, 0.3) is 5.91 Å². The second kappa shape index (κ2) is 6.79. The molecule has 0 radical (unpaired) electrons. The molecule has 0 bridgehead atoms. The number of benzene rings is 1. The van der Waals surface area contributed by atoms with Gasteiger partial charge in [0.15, 0.2) is 5.78 Å². The summed E-state index contributed by atoms with van der Waals surface area (Å²) in [5, 5.41) is 0. The van der Waals surface area contributed by atoms with Gasteiger partial charge in [-0.15, -0.1) is 0 Å². The smallest absolute Gasteiger partial charge is 0.270 e. The predicted octanol–water partition coefficient (Wildman–Crippen LogP) is 2.18. The minimum Gasteiger partial charge on any atom is -0.356 e. The van der Waals surface area contributed by atoms with Gasteiger partial charge in [0.2, 0.25) is 0 Å². The molecule has 3 rings (SSSR count). The van der Waals surface area contributed by atoms with Gasteiger partial charge in [-0.25, -0.2) is 0 Å². The molecule has 1 saturated heterocycles. The maximum Gasteiger partial charge on any atom is 0.270 e. The van der Waals surface area contributed by atoms with Crippen LogP contribution in [0.2, 0.25) is 0 Å². The molecule has 0 saturated carbocycles. The lowest BCUT2D eigenvalue weighted by atomic mass is 10.2. The fraction of sp³-hybridized carbons (Fsp3) is 0.333. The van der Waals surface area contributed by atoms with E-state index in [1.807, 2.05) is 23.1 Å². The van der Waals surface area contributed by atoms with Crippen molar-refractivity contribution in [2.45, 2.75) is 13.5 Å². The number of ketones is 1. The number of nitrogens with one attached hydrogen (secondary N) is 1. The minimum absolute atomic E-state index is 0.0307. The molecule has 23 heavy (non-hydrogen) atoms. The Morgan fingerprint density at radius 2 is 1.78 bits per heavy atom. The van der Waals surface area contributed by atoms with E-state index in [2.05, 4.69) is 22.0 Å². The second-order valence-corrected chi connectivity index (χ2v) is 5.91. The van der Waals surface area contributed by atoms with E-state index < -0.39 is 0 Å². The van der Waals surface area contributed by atoms with Crippen molar-refractivity contribution in [3.8, 4) is 0 Å². The zero-order valence-corrected chi connectivity index (χ0v) is 13.3. The van der Waals surface area contributed by atoms with Crippen molar-refractivity contribution in [2.24, 2.45) is 0 Å². The summed E-state index contributed by atoms with van der Waals surface area (Å²) in [5.41, 5.74) is 2.34. The topological polar surface area (TPSA) is 56.4 Å². The Labute approximate surface area is 135 Å². The Bertz CT molecular complexity index is 685. The number of carbonyl (C=O) groups is 2. The normalized spacial score (nSPS) is 15.6. The van der Waals surface area contributed by atoms with Crippen molar-refractivity contribution in [3.63, 3.8) is 0 Å². The summed E-state index contributed by atoms with van der Waals surface area (Å²) in [4.78, 5) is 30.9. The van der Waals surface area contributed by atoms with E-state index in [1.165, 1.54) is 12.5 Å². The zero-order valence-electron chi connectivity index (χ0n) is 13.3. The molecule has 1 amide bonds. The van der Waals surface area contributed by atoms with Crippen LogP contribution in [0.25, 0.3) is 0 Å². The van der Waals surface area contributed by atoms with Gasteiger partial charge in [-0.1, -0.05) is 30.3 Å². The number of piperazine rings is 1. The third-order valence-electron chi connectivity index (χ3n) is 4.23. The summed E-state index contributed by atoms with van der Waals surface area (Å²) < 4.78 is 0. The minimum atomic E-state index is -0.0343. The number of aromatic nitrogens is 1. The Hall–Kier alpha value is -2.40. The molecule has 2 heterocycles. The molecule has 0 atom stereocenters. The number of hydrogen-bond donors (Lipinski definition) is 1. The van der Waals surface area contributed by atoms with Gasteiger partial charge in [0.1, 0.15) is 5.69 Å². The van der Waals surface area contributed by atoms with Crippen molar-refractivity contribution in [2.75, 3.05) is 26.2 Å². The third kappa shape index (κ3) is 3.68. The number of rotatable bonds is 4. The molecule has 0 spiro atoms. The molecule has 0 unspecified atom stereocenters. The lowest BCUT2D eigenvalue weighted by Gasteiger charge is -2.34. The SMILES string of the molecule is CC(=O)c1c[nH]c(C(=O)N2CCN(Cc3ccccc3)CC2)c1. The van der Waals surface area contributed by atoms with Crippen LogP contribution >= 0.6 is 0 Å². The van der Waals surface area contributed by atoms with Gasteiger partial charge >= 0.3 is 0 Å². The summed E-state index contributed by atoms with van der Waals surface area (Å²) in [6, 6.07) is 12.0. The summed E-state index contributed by atoms with van der Waals surface area (Å²) in [5.74, 6) is -0.0650. The highest BCUT2D eigenvalue weighted by molar-refractivity contribution is 5.99. The maximum atomic E-state index is 12.5. The van der Waals surface area contributed by atoms with Crippen LogP contribution in [0.15, 0.2) is 42.6 Å². The number of Topliss-reactive ketones (excluding diaryl/α,β-unsaturated/α-hetero) is 1. The van der Waals surface area contributed by atoms with Gasteiger partial charge < -0.3 is 9.88 Å². The average Bonchev–Trinajstić information content (AvgIpc) is 3.06. The van der Waals surface area contributed by atoms with Crippen LogP contribution in [0, 0.1) is 0 Å². The Balaban J connectivity index is 1.55. The first-order valence-electron chi connectivity index (χ1n) is 7.88. The lowest BCUT2D eigenvalue weighted by Crippen LogP contribution is -2.48. The van der Waals surface area contributed by atoms with Crippen LogP contribution < -0.4 is 0 Å². The van der Waals surface area contributed by atoms with E-state index in [0.29, 0.717) is 24.3 Å². The predicted molar refractivity (Wildman–Crippen MR) is 88.4 cm³/mol. The van der Waals surface area contributed by atoms with Crippen molar-refractivity contribution in [3.05, 3.63) is 59.4 Å². The molecule has 5 heteroatoms. The quantitative estimate of drug-likeness (QED) is 0.881.